The largest absolute Gasteiger partial charge is 0.412 e. The highest BCUT2D eigenvalue weighted by molar-refractivity contribution is 6.03. The van der Waals surface area contributed by atoms with Crippen molar-refractivity contribution in [1.29, 1.82) is 0 Å². The summed E-state index contributed by atoms with van der Waals surface area (Å²) < 4.78 is 2.13. The van der Waals surface area contributed by atoms with Crippen LogP contribution in [-0.4, -0.2) is 33.4 Å². The van der Waals surface area contributed by atoms with Crippen LogP contribution in [0.2, 0.25) is 0 Å². The van der Waals surface area contributed by atoms with Crippen LogP contribution in [-0.2, 0) is 9.63 Å². The maximum Gasteiger partial charge on any atom is 0.322 e. The summed E-state index contributed by atoms with van der Waals surface area (Å²) in [5.74, 6) is -0.343. The molecular formula is C2H8AlNO4. The Morgan fingerprint density at radius 1 is 1.62 bits per heavy atom. The second-order valence-corrected chi connectivity index (χ2v) is 0.947. The summed E-state index contributed by atoms with van der Waals surface area (Å²) in [6, 6.07) is 0. The van der Waals surface area contributed by atoms with E-state index in [1.165, 1.54) is 6.92 Å². The van der Waals surface area contributed by atoms with Gasteiger partial charge >= 0.3 is 22.5 Å². The van der Waals surface area contributed by atoms with Crippen LogP contribution in [0.1, 0.15) is 6.92 Å². The highest BCUT2D eigenvalue weighted by atomic mass is 27.1. The fraction of sp³-hybridized carbons (Fsp3) is 0.500. The molecule has 0 amide bonds. The van der Waals surface area contributed by atoms with E-state index in [0.29, 0.717) is 0 Å². The standard InChI is InChI=1S/C2H4NO2.Al.2H2O/c1-2(4)5-3;;;/h3H,1H3;;2*1H2/q-1;+1;;. The van der Waals surface area contributed by atoms with E-state index < -0.39 is 0 Å². The van der Waals surface area contributed by atoms with Gasteiger partial charge in [-0.1, -0.05) is 0 Å². The van der Waals surface area contributed by atoms with Gasteiger partial charge in [-0.05, 0) is 0 Å². The number of hydrogen-bond acceptors (Lipinski definition) is 3. The van der Waals surface area contributed by atoms with Crippen molar-refractivity contribution in [2.24, 2.45) is 0 Å². The lowest BCUT2D eigenvalue weighted by Crippen LogP contribution is -2.12. The topological polar surface area (TPSA) is 101 Å². The SMILES string of the molecule is CC(=O)O[NH][Al].O.O. The predicted octanol–water partition coefficient (Wildman–Crippen LogP) is -2.51. The molecule has 0 spiro atoms. The van der Waals surface area contributed by atoms with Crippen LogP contribution in [0.5, 0.6) is 0 Å². The van der Waals surface area contributed by atoms with Crippen LogP contribution in [0.15, 0.2) is 0 Å². The van der Waals surface area contributed by atoms with E-state index in [-0.39, 0.29) is 16.9 Å². The summed E-state index contributed by atoms with van der Waals surface area (Å²) in [5.41, 5.74) is 0. The van der Waals surface area contributed by atoms with Crippen LogP contribution in [0.3, 0.4) is 0 Å². The van der Waals surface area contributed by atoms with Crippen LogP contribution in [0, 0.1) is 0 Å². The van der Waals surface area contributed by atoms with Crippen molar-refractivity contribution in [3.8, 4) is 0 Å². The Hall–Kier alpha value is -0.118. The van der Waals surface area contributed by atoms with Gasteiger partial charge in [-0.3, -0.25) is 9.26 Å². The van der Waals surface area contributed by atoms with Crippen molar-refractivity contribution in [2.75, 3.05) is 0 Å². The minimum absolute atomic E-state index is 0. The van der Waals surface area contributed by atoms with Crippen LogP contribution >= 0.6 is 0 Å². The lowest BCUT2D eigenvalue weighted by molar-refractivity contribution is -0.144. The monoisotopic (exact) mass is 137 g/mol. The number of carbonyl (C=O) groups is 1. The zero-order valence-corrected chi connectivity index (χ0v) is 5.55. The molecule has 6 heteroatoms. The van der Waals surface area contributed by atoms with Crippen molar-refractivity contribution in [1.82, 2.24) is 4.46 Å². The maximum absolute atomic E-state index is 9.75. The Balaban J connectivity index is -0.000000125. The molecule has 48 valence electrons. The summed E-state index contributed by atoms with van der Waals surface area (Å²) in [4.78, 5) is 13.9. The maximum atomic E-state index is 9.75. The quantitative estimate of drug-likeness (QED) is 0.319. The van der Waals surface area contributed by atoms with Gasteiger partial charge in [0.15, 0.2) is 0 Å². The zero-order valence-electron chi connectivity index (χ0n) is 4.39. The Morgan fingerprint density at radius 2 is 2.00 bits per heavy atom. The van der Waals surface area contributed by atoms with Gasteiger partial charge in [0, 0.05) is 6.92 Å². The molecule has 0 aromatic heterocycles. The van der Waals surface area contributed by atoms with E-state index >= 15 is 0 Å². The summed E-state index contributed by atoms with van der Waals surface area (Å²) in [7, 11) is 0. The molecule has 5 N–H and O–H groups in total. The van der Waals surface area contributed by atoms with E-state index in [4.69, 9.17) is 0 Å². The molecule has 0 rings (SSSR count). The molecule has 0 aromatic carbocycles. The molecule has 0 aliphatic carbocycles. The van der Waals surface area contributed by atoms with Crippen LogP contribution < -0.4 is 4.46 Å². The number of nitrogens with one attached hydrogen (secondary N) is 1. The molecule has 0 bridgehead atoms. The molecule has 8 heavy (non-hydrogen) atoms. The molecule has 0 heterocycles. The van der Waals surface area contributed by atoms with E-state index in [2.05, 4.69) is 9.30 Å². The van der Waals surface area contributed by atoms with Crippen molar-refractivity contribution >= 4 is 22.5 Å². The van der Waals surface area contributed by atoms with E-state index in [9.17, 15) is 4.79 Å². The third-order valence-electron chi connectivity index (χ3n) is 0.203. The average Bonchev–Trinajstić information content (AvgIpc) is 1.35. The Labute approximate surface area is 55.2 Å². The predicted molar refractivity (Wildman–Crippen MR) is 27.9 cm³/mol. The smallest absolute Gasteiger partial charge is 0.322 e. The molecule has 0 aliphatic rings. The third kappa shape index (κ3) is 16.9. The molecule has 2 radical (unpaired) electrons. The summed E-state index contributed by atoms with van der Waals surface area (Å²) in [6.07, 6.45) is 0. The lowest BCUT2D eigenvalue weighted by Gasteiger charge is -1.92. The molecule has 0 saturated carbocycles. The number of hydrogen-bond donors (Lipinski definition) is 1. The van der Waals surface area contributed by atoms with Gasteiger partial charge < -0.3 is 15.8 Å². The third-order valence-corrected chi connectivity index (χ3v) is 0.321. The van der Waals surface area contributed by atoms with Gasteiger partial charge in [0.05, 0.1) is 0 Å². The van der Waals surface area contributed by atoms with Gasteiger partial charge in [-0.2, -0.15) is 0 Å². The highest BCUT2D eigenvalue weighted by Crippen LogP contribution is 1.60. The molecular weight excluding hydrogens is 129 g/mol. The lowest BCUT2D eigenvalue weighted by atomic mass is 10.8. The molecule has 0 saturated heterocycles. The van der Waals surface area contributed by atoms with Crippen molar-refractivity contribution in [2.45, 2.75) is 6.92 Å². The summed E-state index contributed by atoms with van der Waals surface area (Å²) in [6.45, 7) is 1.32. The van der Waals surface area contributed by atoms with Gasteiger partial charge in [0.25, 0.3) is 0 Å². The fourth-order valence-electron chi connectivity index (χ4n) is 0.0830. The Kier molecular flexibility index (Phi) is 19.6. The normalized spacial score (nSPS) is 5.62. The van der Waals surface area contributed by atoms with Gasteiger partial charge in [-0.15, -0.1) is 0 Å². The first-order valence-corrected chi connectivity index (χ1v) is 1.98. The van der Waals surface area contributed by atoms with Crippen molar-refractivity contribution in [3.05, 3.63) is 0 Å². The number of carbonyl (C=O) groups excluding carboxylic acids is 1. The summed E-state index contributed by atoms with van der Waals surface area (Å²) in [5, 5.41) is 0. The first-order valence-electron chi connectivity index (χ1n) is 1.40. The fourth-order valence-corrected chi connectivity index (χ4v) is 0.249. The average molecular weight is 137 g/mol. The van der Waals surface area contributed by atoms with E-state index in [0.717, 1.165) is 0 Å². The molecule has 0 unspecified atom stereocenters. The zero-order chi connectivity index (χ0) is 4.99. The van der Waals surface area contributed by atoms with Crippen molar-refractivity contribution in [3.63, 3.8) is 0 Å². The first-order chi connectivity index (χ1) is 2.77. The molecule has 0 atom stereocenters. The van der Waals surface area contributed by atoms with Crippen molar-refractivity contribution < 1.29 is 20.6 Å². The Morgan fingerprint density at radius 3 is 2.00 bits per heavy atom. The molecule has 0 fully saturated rings. The molecule has 5 nitrogen and oxygen atoms in total. The van der Waals surface area contributed by atoms with Crippen LogP contribution in [0.4, 0.5) is 0 Å². The minimum Gasteiger partial charge on any atom is -0.412 e. The van der Waals surface area contributed by atoms with Gasteiger partial charge in [0.1, 0.15) is 0 Å². The van der Waals surface area contributed by atoms with Gasteiger partial charge in [0.2, 0.25) is 0 Å². The number of rotatable bonds is 1. The highest BCUT2D eigenvalue weighted by Gasteiger charge is 1.81. The minimum atomic E-state index is -0.343. The van der Waals surface area contributed by atoms with Gasteiger partial charge in [-0.25, -0.2) is 0 Å². The first kappa shape index (κ1) is 15.7. The second kappa shape index (κ2) is 9.99. The van der Waals surface area contributed by atoms with Crippen LogP contribution in [0.25, 0.3) is 0 Å². The molecule has 0 aliphatic heterocycles. The summed E-state index contributed by atoms with van der Waals surface area (Å²) >= 11 is 2.03. The molecule has 0 aromatic rings. The van der Waals surface area contributed by atoms with E-state index in [1.54, 1.807) is 0 Å². The van der Waals surface area contributed by atoms with E-state index in [1.807, 2.05) is 16.5 Å². The second-order valence-electron chi connectivity index (χ2n) is 0.711. The Bertz CT molecular complexity index is 58.0.